The lowest BCUT2D eigenvalue weighted by Gasteiger charge is -2.00. The third kappa shape index (κ3) is 4.03. The molecule has 0 amide bonds. The highest BCUT2D eigenvalue weighted by molar-refractivity contribution is 14.1. The zero-order valence-corrected chi connectivity index (χ0v) is 10.7. The summed E-state index contributed by atoms with van der Waals surface area (Å²) in [6.45, 7) is 1.98. The van der Waals surface area contributed by atoms with Crippen molar-refractivity contribution in [2.24, 2.45) is 0 Å². The average Bonchev–Trinajstić information content (AvgIpc) is 2.17. The first kappa shape index (κ1) is 12.2. The number of carboxylic acids is 1. The molecule has 0 spiro atoms. The van der Waals surface area contributed by atoms with Gasteiger partial charge in [-0.25, -0.2) is 4.79 Å². The van der Waals surface area contributed by atoms with Crippen molar-refractivity contribution in [1.82, 2.24) is 0 Å². The molecule has 1 aromatic carbocycles. The number of rotatable bonds is 4. The van der Waals surface area contributed by atoms with E-state index >= 15 is 0 Å². The summed E-state index contributed by atoms with van der Waals surface area (Å²) in [4.78, 5) is 10.9. The molecule has 0 aliphatic rings. The maximum absolute atomic E-state index is 10.9. The van der Waals surface area contributed by atoms with Crippen LogP contribution in [-0.2, 0) is 4.79 Å². The van der Waals surface area contributed by atoms with Crippen molar-refractivity contribution in [3.63, 3.8) is 0 Å². The van der Waals surface area contributed by atoms with Crippen LogP contribution in [0.25, 0.3) is 6.08 Å². The summed E-state index contributed by atoms with van der Waals surface area (Å²) in [6.07, 6.45) is 3.21. The predicted molar refractivity (Wildman–Crippen MR) is 69.7 cm³/mol. The molecular formula is C12H13IO2. The largest absolute Gasteiger partial charge is 0.478 e. The summed E-state index contributed by atoms with van der Waals surface area (Å²) in [5, 5.41) is 8.96. The number of hydrogen-bond donors (Lipinski definition) is 1. The molecule has 1 N–H and O–H groups in total. The second kappa shape index (κ2) is 5.90. The molecule has 0 atom stereocenters. The van der Waals surface area contributed by atoms with Crippen LogP contribution in [0.15, 0.2) is 29.8 Å². The highest BCUT2D eigenvalue weighted by atomic mass is 127. The van der Waals surface area contributed by atoms with E-state index < -0.39 is 5.97 Å². The monoisotopic (exact) mass is 316 g/mol. The summed E-state index contributed by atoms with van der Waals surface area (Å²) in [5.74, 6) is -0.823. The van der Waals surface area contributed by atoms with E-state index in [9.17, 15) is 4.79 Å². The molecule has 2 nitrogen and oxygen atoms in total. The Hall–Kier alpha value is -0.840. The summed E-state index contributed by atoms with van der Waals surface area (Å²) in [6, 6.07) is 7.80. The summed E-state index contributed by atoms with van der Waals surface area (Å²) < 4.78 is 1.11. The minimum Gasteiger partial charge on any atom is -0.478 e. The summed E-state index contributed by atoms with van der Waals surface area (Å²) in [5.41, 5.74) is 1.42. The summed E-state index contributed by atoms with van der Waals surface area (Å²) in [7, 11) is 0. The zero-order valence-electron chi connectivity index (χ0n) is 8.53. The standard InChI is InChI=1S/C12H13IO2/c1-2-4-10(12(14)15)7-9-5-3-6-11(13)8-9/h3,5-8H,2,4H2,1H3,(H,14,15)/b10-7+. The van der Waals surface area contributed by atoms with E-state index in [1.54, 1.807) is 6.08 Å². The van der Waals surface area contributed by atoms with Gasteiger partial charge in [0.1, 0.15) is 0 Å². The lowest BCUT2D eigenvalue weighted by molar-refractivity contribution is -0.132. The molecule has 0 bridgehead atoms. The van der Waals surface area contributed by atoms with E-state index in [-0.39, 0.29) is 0 Å². The number of carboxylic acid groups (broad SMARTS) is 1. The van der Waals surface area contributed by atoms with Crippen molar-refractivity contribution in [2.75, 3.05) is 0 Å². The molecule has 0 aliphatic carbocycles. The molecule has 0 heterocycles. The Labute approximate surface area is 103 Å². The number of carbonyl (C=O) groups is 1. The van der Waals surface area contributed by atoms with Crippen molar-refractivity contribution < 1.29 is 9.90 Å². The van der Waals surface area contributed by atoms with Crippen LogP contribution in [0.2, 0.25) is 0 Å². The van der Waals surface area contributed by atoms with Crippen LogP contribution in [0.3, 0.4) is 0 Å². The van der Waals surface area contributed by atoms with Gasteiger partial charge in [0.15, 0.2) is 0 Å². The van der Waals surface area contributed by atoms with Crippen LogP contribution in [0.5, 0.6) is 0 Å². The van der Waals surface area contributed by atoms with Crippen LogP contribution in [0, 0.1) is 3.57 Å². The SMILES string of the molecule is CCC/C(=C\c1cccc(I)c1)C(=O)O. The van der Waals surface area contributed by atoms with Gasteiger partial charge in [0.05, 0.1) is 0 Å². The van der Waals surface area contributed by atoms with Crippen molar-refractivity contribution in [2.45, 2.75) is 19.8 Å². The van der Waals surface area contributed by atoms with Crippen LogP contribution in [0.1, 0.15) is 25.3 Å². The fraction of sp³-hybridized carbons (Fsp3) is 0.250. The maximum Gasteiger partial charge on any atom is 0.331 e. The van der Waals surface area contributed by atoms with Crippen LogP contribution < -0.4 is 0 Å². The number of hydrogen-bond acceptors (Lipinski definition) is 1. The minimum atomic E-state index is -0.823. The topological polar surface area (TPSA) is 37.3 Å². The van der Waals surface area contributed by atoms with Gasteiger partial charge >= 0.3 is 5.97 Å². The van der Waals surface area contributed by atoms with Crippen molar-refractivity contribution in [3.05, 3.63) is 39.0 Å². The van der Waals surface area contributed by atoms with E-state index in [4.69, 9.17) is 5.11 Å². The summed E-state index contributed by atoms with van der Waals surface area (Å²) >= 11 is 2.21. The fourth-order valence-corrected chi connectivity index (χ4v) is 1.87. The van der Waals surface area contributed by atoms with Crippen LogP contribution in [-0.4, -0.2) is 11.1 Å². The molecule has 0 saturated heterocycles. The normalized spacial score (nSPS) is 11.5. The number of aliphatic carboxylic acids is 1. The molecule has 0 aliphatic heterocycles. The van der Waals surface area contributed by atoms with Crippen molar-refractivity contribution >= 4 is 34.6 Å². The van der Waals surface area contributed by atoms with Crippen LogP contribution in [0.4, 0.5) is 0 Å². The molecule has 0 saturated carbocycles. The lowest BCUT2D eigenvalue weighted by atomic mass is 10.1. The second-order valence-electron chi connectivity index (χ2n) is 3.28. The second-order valence-corrected chi connectivity index (χ2v) is 4.53. The van der Waals surface area contributed by atoms with Gasteiger partial charge in [-0.3, -0.25) is 0 Å². The molecule has 0 unspecified atom stereocenters. The lowest BCUT2D eigenvalue weighted by Crippen LogP contribution is -1.99. The van der Waals surface area contributed by atoms with Crippen molar-refractivity contribution in [1.29, 1.82) is 0 Å². The van der Waals surface area contributed by atoms with E-state index in [2.05, 4.69) is 22.6 Å². The average molecular weight is 316 g/mol. The van der Waals surface area contributed by atoms with E-state index in [0.29, 0.717) is 12.0 Å². The van der Waals surface area contributed by atoms with E-state index in [1.807, 2.05) is 31.2 Å². The molecule has 3 heteroatoms. The number of benzene rings is 1. The van der Waals surface area contributed by atoms with E-state index in [0.717, 1.165) is 15.6 Å². The number of halogens is 1. The highest BCUT2D eigenvalue weighted by Gasteiger charge is 2.05. The third-order valence-corrected chi connectivity index (χ3v) is 2.65. The maximum atomic E-state index is 10.9. The Morgan fingerprint density at radius 2 is 2.27 bits per heavy atom. The molecule has 15 heavy (non-hydrogen) atoms. The molecule has 0 fully saturated rings. The molecule has 80 valence electrons. The molecular weight excluding hydrogens is 303 g/mol. The van der Waals surface area contributed by atoms with Gasteiger partial charge in [-0.15, -0.1) is 0 Å². The molecule has 1 rings (SSSR count). The first-order valence-electron chi connectivity index (χ1n) is 4.83. The van der Waals surface area contributed by atoms with Gasteiger partial charge in [-0.1, -0.05) is 25.5 Å². The fourth-order valence-electron chi connectivity index (χ4n) is 1.31. The Morgan fingerprint density at radius 1 is 1.53 bits per heavy atom. The van der Waals surface area contributed by atoms with Crippen LogP contribution >= 0.6 is 22.6 Å². The first-order chi connectivity index (χ1) is 7.13. The van der Waals surface area contributed by atoms with Gasteiger partial charge in [-0.2, -0.15) is 0 Å². The van der Waals surface area contributed by atoms with E-state index in [1.165, 1.54) is 0 Å². The molecule has 0 aromatic heterocycles. The smallest absolute Gasteiger partial charge is 0.331 e. The quantitative estimate of drug-likeness (QED) is 0.681. The van der Waals surface area contributed by atoms with Gasteiger partial charge < -0.3 is 5.11 Å². The Balaban J connectivity index is 2.96. The Morgan fingerprint density at radius 3 is 2.80 bits per heavy atom. The highest BCUT2D eigenvalue weighted by Crippen LogP contribution is 2.14. The van der Waals surface area contributed by atoms with Gasteiger partial charge in [0.25, 0.3) is 0 Å². The molecule has 0 radical (unpaired) electrons. The molecule has 1 aromatic rings. The minimum absolute atomic E-state index is 0.472. The van der Waals surface area contributed by atoms with Gasteiger partial charge in [0, 0.05) is 9.14 Å². The zero-order chi connectivity index (χ0) is 11.3. The van der Waals surface area contributed by atoms with Crippen molar-refractivity contribution in [3.8, 4) is 0 Å². The Kier molecular flexibility index (Phi) is 4.81. The first-order valence-corrected chi connectivity index (χ1v) is 5.90. The van der Waals surface area contributed by atoms with Gasteiger partial charge in [0.2, 0.25) is 0 Å². The third-order valence-electron chi connectivity index (χ3n) is 1.98. The predicted octanol–water partition coefficient (Wildman–Crippen LogP) is 3.56. The Bertz CT molecular complexity index is 383. The van der Waals surface area contributed by atoms with Gasteiger partial charge in [-0.05, 0) is 52.8 Å².